The summed E-state index contributed by atoms with van der Waals surface area (Å²) in [4.78, 5) is 26.7. The average molecular weight is 524 g/mol. The van der Waals surface area contributed by atoms with Gasteiger partial charge in [0.1, 0.15) is 11.5 Å². The fourth-order valence-electron chi connectivity index (χ4n) is 5.96. The van der Waals surface area contributed by atoms with E-state index in [0.717, 1.165) is 24.2 Å². The number of nitrogens with zero attached hydrogens (tertiary/aromatic N) is 1. The van der Waals surface area contributed by atoms with Gasteiger partial charge in [-0.3, -0.25) is 9.59 Å². The number of aryl methyl sites for hydroxylation is 1. The van der Waals surface area contributed by atoms with E-state index in [1.807, 2.05) is 60.4 Å². The standard InChI is InChI=1S/C30H41N3O5/c1-20-9-3-5-12-27(20)38-28-13-6-4-11-24(28)30(37,14-8-15-32-21(2)34)23-10-7-16-33(19-23)29(36)22-17-25(31)26(35)18-22/h3-6,9,11-13,22-23,25-26,35,37H,7-8,10,14-19,31H2,1-2H3,(H,32,34). The third-order valence-corrected chi connectivity index (χ3v) is 8.11. The maximum absolute atomic E-state index is 13.4. The molecule has 8 nitrogen and oxygen atoms in total. The van der Waals surface area contributed by atoms with Crippen molar-refractivity contribution in [1.82, 2.24) is 10.2 Å². The summed E-state index contributed by atoms with van der Waals surface area (Å²) in [6.07, 6.45) is 2.72. The Morgan fingerprint density at radius 3 is 2.53 bits per heavy atom. The molecule has 2 aromatic rings. The molecule has 2 aliphatic rings. The number of nitrogens with one attached hydrogen (secondary N) is 1. The van der Waals surface area contributed by atoms with E-state index >= 15 is 0 Å². The molecule has 5 unspecified atom stereocenters. The highest BCUT2D eigenvalue weighted by Gasteiger charge is 2.44. The van der Waals surface area contributed by atoms with Crippen molar-refractivity contribution in [3.63, 3.8) is 0 Å². The van der Waals surface area contributed by atoms with Crippen LogP contribution in [0.2, 0.25) is 0 Å². The maximum Gasteiger partial charge on any atom is 0.225 e. The fraction of sp³-hybridized carbons (Fsp3) is 0.533. The monoisotopic (exact) mass is 523 g/mol. The highest BCUT2D eigenvalue weighted by Crippen LogP contribution is 2.44. The molecule has 206 valence electrons. The summed E-state index contributed by atoms with van der Waals surface area (Å²) >= 11 is 0. The van der Waals surface area contributed by atoms with E-state index in [9.17, 15) is 19.8 Å². The lowest BCUT2D eigenvalue weighted by Gasteiger charge is -2.44. The van der Waals surface area contributed by atoms with E-state index in [2.05, 4.69) is 5.32 Å². The first kappa shape index (κ1) is 28.1. The first-order valence-electron chi connectivity index (χ1n) is 13.7. The van der Waals surface area contributed by atoms with Gasteiger partial charge in [-0.25, -0.2) is 0 Å². The van der Waals surface area contributed by atoms with Crippen LogP contribution < -0.4 is 15.8 Å². The number of rotatable bonds is 9. The summed E-state index contributed by atoms with van der Waals surface area (Å²) in [7, 11) is 0. The number of nitrogens with two attached hydrogens (primary N) is 1. The number of amides is 2. The maximum atomic E-state index is 13.4. The van der Waals surface area contributed by atoms with Crippen molar-refractivity contribution >= 4 is 11.8 Å². The molecule has 1 aliphatic carbocycles. The lowest BCUT2D eigenvalue weighted by atomic mass is 9.73. The predicted molar refractivity (Wildman–Crippen MR) is 146 cm³/mol. The number of likely N-dealkylation sites (tertiary alicyclic amines) is 1. The third-order valence-electron chi connectivity index (χ3n) is 8.11. The van der Waals surface area contributed by atoms with Crippen molar-refractivity contribution in [3.8, 4) is 11.5 Å². The van der Waals surface area contributed by atoms with Crippen molar-refractivity contribution in [3.05, 3.63) is 59.7 Å². The van der Waals surface area contributed by atoms with E-state index in [1.165, 1.54) is 6.92 Å². The summed E-state index contributed by atoms with van der Waals surface area (Å²) in [6, 6.07) is 14.9. The van der Waals surface area contributed by atoms with E-state index in [0.29, 0.717) is 56.6 Å². The van der Waals surface area contributed by atoms with Crippen LogP contribution in [0.5, 0.6) is 11.5 Å². The van der Waals surface area contributed by atoms with Crippen molar-refractivity contribution < 1.29 is 24.5 Å². The summed E-state index contributed by atoms with van der Waals surface area (Å²) in [6.45, 7) is 4.95. The molecule has 38 heavy (non-hydrogen) atoms. The van der Waals surface area contributed by atoms with E-state index < -0.39 is 11.7 Å². The molecule has 0 aromatic heterocycles. The Balaban J connectivity index is 1.61. The van der Waals surface area contributed by atoms with Crippen LogP contribution in [0, 0.1) is 18.8 Å². The van der Waals surface area contributed by atoms with Crippen LogP contribution in [0.1, 0.15) is 56.6 Å². The van der Waals surface area contributed by atoms with Crippen LogP contribution in [-0.4, -0.2) is 58.7 Å². The Labute approximate surface area is 225 Å². The first-order valence-corrected chi connectivity index (χ1v) is 13.7. The third kappa shape index (κ3) is 6.37. The Morgan fingerprint density at radius 1 is 1.13 bits per heavy atom. The number of benzene rings is 2. The second-order valence-electron chi connectivity index (χ2n) is 10.9. The zero-order valence-corrected chi connectivity index (χ0v) is 22.4. The topological polar surface area (TPSA) is 125 Å². The van der Waals surface area contributed by atoms with Crippen LogP contribution in [-0.2, 0) is 15.2 Å². The Morgan fingerprint density at radius 2 is 1.84 bits per heavy atom. The van der Waals surface area contributed by atoms with Crippen molar-refractivity contribution in [2.45, 2.75) is 70.1 Å². The number of aliphatic hydroxyl groups excluding tert-OH is 1. The molecule has 0 spiro atoms. The van der Waals surface area contributed by atoms with Crippen LogP contribution in [0.15, 0.2) is 48.5 Å². The second-order valence-corrected chi connectivity index (χ2v) is 10.9. The van der Waals surface area contributed by atoms with Crippen LogP contribution >= 0.6 is 0 Å². The Bertz CT molecular complexity index is 1110. The largest absolute Gasteiger partial charge is 0.457 e. The van der Waals surface area contributed by atoms with Gasteiger partial charge in [0.2, 0.25) is 11.8 Å². The molecule has 1 heterocycles. The molecule has 5 atom stereocenters. The zero-order chi connectivity index (χ0) is 27.3. The molecule has 5 N–H and O–H groups in total. The minimum absolute atomic E-state index is 0.00624. The number of hydrogen-bond donors (Lipinski definition) is 4. The summed E-state index contributed by atoms with van der Waals surface area (Å²) < 4.78 is 6.35. The first-order chi connectivity index (χ1) is 18.2. The smallest absolute Gasteiger partial charge is 0.225 e. The average Bonchev–Trinajstić information content (AvgIpc) is 3.25. The number of ether oxygens (including phenoxy) is 1. The number of carbonyl (C=O) groups excluding carboxylic acids is 2. The van der Waals surface area contributed by atoms with Gasteiger partial charge in [0, 0.05) is 50.0 Å². The van der Waals surface area contributed by atoms with Crippen molar-refractivity contribution in [1.29, 1.82) is 0 Å². The SMILES string of the molecule is CC(=O)NCCCC(O)(c1ccccc1Oc1ccccc1C)C1CCCN(C(=O)C2CC(N)C(O)C2)C1. The quantitative estimate of drug-likeness (QED) is 0.374. The highest BCUT2D eigenvalue weighted by atomic mass is 16.5. The number of carbonyl (C=O) groups is 2. The van der Waals surface area contributed by atoms with Gasteiger partial charge in [0.25, 0.3) is 0 Å². The molecular formula is C30H41N3O5. The van der Waals surface area contributed by atoms with Crippen molar-refractivity contribution in [2.75, 3.05) is 19.6 Å². The van der Waals surface area contributed by atoms with Gasteiger partial charge in [0.15, 0.2) is 0 Å². The van der Waals surface area contributed by atoms with E-state index in [1.54, 1.807) is 0 Å². The molecule has 2 aromatic carbocycles. The molecule has 1 aliphatic heterocycles. The molecule has 2 amide bonds. The summed E-state index contributed by atoms with van der Waals surface area (Å²) in [5.74, 6) is 0.687. The van der Waals surface area contributed by atoms with Crippen LogP contribution in [0.4, 0.5) is 0 Å². The minimum Gasteiger partial charge on any atom is -0.457 e. The van der Waals surface area contributed by atoms with E-state index in [4.69, 9.17) is 10.5 Å². The van der Waals surface area contributed by atoms with Crippen molar-refractivity contribution in [2.24, 2.45) is 17.6 Å². The molecule has 0 bridgehead atoms. The number of hydrogen-bond acceptors (Lipinski definition) is 6. The Hall–Kier alpha value is -2.94. The number of para-hydroxylation sites is 2. The van der Waals surface area contributed by atoms with Gasteiger partial charge in [0.05, 0.1) is 11.7 Å². The lowest BCUT2D eigenvalue weighted by Crippen LogP contribution is -2.49. The molecule has 0 radical (unpaired) electrons. The normalized spacial score (nSPS) is 25.0. The van der Waals surface area contributed by atoms with Gasteiger partial charge in [-0.1, -0.05) is 36.4 Å². The molecule has 1 saturated heterocycles. The second kappa shape index (κ2) is 12.3. The van der Waals surface area contributed by atoms with Gasteiger partial charge < -0.3 is 30.9 Å². The zero-order valence-electron chi connectivity index (χ0n) is 22.4. The predicted octanol–water partition coefficient (Wildman–Crippen LogP) is 3.23. The van der Waals surface area contributed by atoms with Gasteiger partial charge in [-0.05, 0) is 63.1 Å². The lowest BCUT2D eigenvalue weighted by molar-refractivity contribution is -0.141. The van der Waals surface area contributed by atoms with Gasteiger partial charge >= 0.3 is 0 Å². The molecule has 4 rings (SSSR count). The van der Waals surface area contributed by atoms with E-state index in [-0.39, 0.29) is 29.7 Å². The van der Waals surface area contributed by atoms with Gasteiger partial charge in [-0.2, -0.15) is 0 Å². The number of aliphatic hydroxyl groups is 2. The van der Waals surface area contributed by atoms with Crippen LogP contribution in [0.25, 0.3) is 0 Å². The molecule has 8 heteroatoms. The molecular weight excluding hydrogens is 482 g/mol. The Kier molecular flexibility index (Phi) is 9.07. The molecule has 2 fully saturated rings. The van der Waals surface area contributed by atoms with Crippen LogP contribution in [0.3, 0.4) is 0 Å². The summed E-state index contributed by atoms with van der Waals surface area (Å²) in [5, 5.41) is 25.4. The minimum atomic E-state index is -1.28. The highest BCUT2D eigenvalue weighted by molar-refractivity contribution is 5.79. The molecule has 1 saturated carbocycles. The van der Waals surface area contributed by atoms with Gasteiger partial charge in [-0.15, -0.1) is 0 Å². The summed E-state index contributed by atoms with van der Waals surface area (Å²) in [5.41, 5.74) is 6.38. The number of piperidine rings is 1. The fourth-order valence-corrected chi connectivity index (χ4v) is 5.96.